The highest BCUT2D eigenvalue weighted by molar-refractivity contribution is 5.73. The summed E-state index contributed by atoms with van der Waals surface area (Å²) in [7, 11) is 3.17. The molecule has 0 aromatic heterocycles. The van der Waals surface area contributed by atoms with E-state index in [1.165, 1.54) is 0 Å². The molecule has 5 nitrogen and oxygen atoms in total. The first-order valence-electron chi connectivity index (χ1n) is 6.71. The molecule has 1 aliphatic rings. The predicted molar refractivity (Wildman–Crippen MR) is 74.5 cm³/mol. The normalized spacial score (nSPS) is 19.3. The van der Waals surface area contributed by atoms with Crippen LogP contribution in [0.5, 0.6) is 0 Å². The summed E-state index contributed by atoms with van der Waals surface area (Å²) in [6, 6.07) is 9.44. The van der Waals surface area contributed by atoms with Gasteiger partial charge in [-0.25, -0.2) is 0 Å². The molecule has 1 N–H and O–H groups in total. The minimum atomic E-state index is -0.790. The van der Waals surface area contributed by atoms with Gasteiger partial charge in [0.05, 0.1) is 13.1 Å². The van der Waals surface area contributed by atoms with Gasteiger partial charge in [0, 0.05) is 14.2 Å². The van der Waals surface area contributed by atoms with E-state index in [1.54, 1.807) is 14.2 Å². The lowest BCUT2D eigenvalue weighted by Gasteiger charge is -2.49. The van der Waals surface area contributed by atoms with Crippen molar-refractivity contribution in [2.24, 2.45) is 0 Å². The predicted octanol–water partition coefficient (Wildman–Crippen LogP) is 1.38. The van der Waals surface area contributed by atoms with Crippen LogP contribution < -0.4 is 0 Å². The third kappa shape index (κ3) is 3.17. The number of nitrogens with zero attached hydrogens (tertiary/aromatic N) is 1. The first-order valence-corrected chi connectivity index (χ1v) is 6.71. The van der Waals surface area contributed by atoms with E-state index < -0.39 is 17.8 Å². The highest BCUT2D eigenvalue weighted by Gasteiger charge is 2.48. The molecule has 0 amide bonds. The van der Waals surface area contributed by atoms with Gasteiger partial charge in [-0.15, -0.1) is 0 Å². The number of carboxylic acid groups (broad SMARTS) is 1. The summed E-state index contributed by atoms with van der Waals surface area (Å²) in [6.45, 7) is 0.984. The second-order valence-electron chi connectivity index (χ2n) is 5.10. The molecule has 1 saturated heterocycles. The van der Waals surface area contributed by atoms with Gasteiger partial charge in [-0.3, -0.25) is 9.69 Å². The summed E-state index contributed by atoms with van der Waals surface area (Å²) in [5.74, 6) is -1.43. The molecule has 0 bridgehead atoms. The van der Waals surface area contributed by atoms with Crippen LogP contribution in [0.2, 0.25) is 0 Å². The van der Waals surface area contributed by atoms with E-state index in [9.17, 15) is 9.90 Å². The van der Waals surface area contributed by atoms with Crippen molar-refractivity contribution in [1.29, 1.82) is 0 Å². The maximum atomic E-state index is 11.4. The standard InChI is InChI=1S/C15H21NO4/c1-19-15(20-2)10-16(11-15)13(14(17)18)9-8-12-6-4-3-5-7-12/h3-7,13H,8-11H2,1-2H3,(H,17,18). The first kappa shape index (κ1) is 15.0. The first-order chi connectivity index (χ1) is 9.60. The van der Waals surface area contributed by atoms with Crippen LogP contribution in [0.25, 0.3) is 0 Å². The Labute approximate surface area is 119 Å². The third-order valence-electron chi connectivity index (χ3n) is 3.91. The number of carboxylic acids is 1. The number of methoxy groups -OCH3 is 2. The third-order valence-corrected chi connectivity index (χ3v) is 3.91. The second kappa shape index (κ2) is 6.35. The van der Waals surface area contributed by atoms with Crippen LogP contribution in [0.15, 0.2) is 30.3 Å². The van der Waals surface area contributed by atoms with E-state index in [0.717, 1.165) is 12.0 Å². The van der Waals surface area contributed by atoms with Gasteiger partial charge < -0.3 is 14.6 Å². The van der Waals surface area contributed by atoms with E-state index in [0.29, 0.717) is 19.5 Å². The minimum Gasteiger partial charge on any atom is -0.480 e. The number of carbonyl (C=O) groups is 1. The summed E-state index contributed by atoms with van der Waals surface area (Å²) in [4.78, 5) is 13.3. The van der Waals surface area contributed by atoms with Crippen molar-refractivity contribution < 1.29 is 19.4 Å². The van der Waals surface area contributed by atoms with Crippen molar-refractivity contribution >= 4 is 5.97 Å². The number of ether oxygens (including phenoxy) is 2. The summed E-state index contributed by atoms with van der Waals surface area (Å²) in [5, 5.41) is 9.38. The molecule has 0 saturated carbocycles. The number of hydrogen-bond acceptors (Lipinski definition) is 4. The molecule has 1 aromatic rings. The Morgan fingerprint density at radius 2 is 1.90 bits per heavy atom. The monoisotopic (exact) mass is 279 g/mol. The Morgan fingerprint density at radius 1 is 1.30 bits per heavy atom. The zero-order valence-corrected chi connectivity index (χ0v) is 11.9. The van der Waals surface area contributed by atoms with E-state index in [2.05, 4.69) is 0 Å². The smallest absolute Gasteiger partial charge is 0.320 e. The van der Waals surface area contributed by atoms with Gasteiger partial charge in [0.1, 0.15) is 6.04 Å². The van der Waals surface area contributed by atoms with Crippen molar-refractivity contribution in [2.45, 2.75) is 24.7 Å². The molecule has 1 aromatic carbocycles. The molecule has 110 valence electrons. The van der Waals surface area contributed by atoms with Gasteiger partial charge >= 0.3 is 5.97 Å². The van der Waals surface area contributed by atoms with Crippen LogP contribution in [0.1, 0.15) is 12.0 Å². The average molecular weight is 279 g/mol. The zero-order valence-electron chi connectivity index (χ0n) is 11.9. The molecular weight excluding hydrogens is 258 g/mol. The number of hydrogen-bond donors (Lipinski definition) is 1. The van der Waals surface area contributed by atoms with Crippen LogP contribution in [-0.2, 0) is 20.7 Å². The number of likely N-dealkylation sites (tertiary alicyclic amines) is 1. The number of aryl methyl sites for hydroxylation is 1. The van der Waals surface area contributed by atoms with Crippen molar-refractivity contribution in [2.75, 3.05) is 27.3 Å². The molecule has 20 heavy (non-hydrogen) atoms. The van der Waals surface area contributed by atoms with Gasteiger partial charge in [0.25, 0.3) is 0 Å². The topological polar surface area (TPSA) is 59.0 Å². The molecule has 2 rings (SSSR count). The van der Waals surface area contributed by atoms with E-state index in [1.807, 2.05) is 35.2 Å². The van der Waals surface area contributed by atoms with Crippen molar-refractivity contribution in [3.63, 3.8) is 0 Å². The molecule has 1 aliphatic heterocycles. The van der Waals surface area contributed by atoms with Crippen molar-refractivity contribution in [1.82, 2.24) is 4.90 Å². The Balaban J connectivity index is 1.91. The molecule has 1 atom stereocenters. The van der Waals surface area contributed by atoms with Crippen LogP contribution in [0, 0.1) is 0 Å². The fourth-order valence-corrected chi connectivity index (χ4v) is 2.54. The highest BCUT2D eigenvalue weighted by atomic mass is 16.7. The second-order valence-corrected chi connectivity index (χ2v) is 5.10. The van der Waals surface area contributed by atoms with E-state index in [4.69, 9.17) is 9.47 Å². The lowest BCUT2D eigenvalue weighted by molar-refractivity contribution is -0.281. The number of benzene rings is 1. The fraction of sp³-hybridized carbons (Fsp3) is 0.533. The van der Waals surface area contributed by atoms with Crippen molar-refractivity contribution in [3.8, 4) is 0 Å². The quantitative estimate of drug-likeness (QED) is 0.764. The lowest BCUT2D eigenvalue weighted by atomic mass is 9.98. The summed E-state index contributed by atoms with van der Waals surface area (Å²) in [6.07, 6.45) is 1.34. The molecule has 1 unspecified atom stereocenters. The Morgan fingerprint density at radius 3 is 2.40 bits per heavy atom. The molecule has 0 radical (unpaired) electrons. The van der Waals surface area contributed by atoms with Gasteiger partial charge in [-0.05, 0) is 18.4 Å². The highest BCUT2D eigenvalue weighted by Crippen LogP contribution is 2.28. The average Bonchev–Trinajstić information content (AvgIpc) is 2.42. The fourth-order valence-electron chi connectivity index (χ4n) is 2.54. The molecule has 1 heterocycles. The Hall–Kier alpha value is -1.43. The van der Waals surface area contributed by atoms with Crippen molar-refractivity contribution in [3.05, 3.63) is 35.9 Å². The largest absolute Gasteiger partial charge is 0.480 e. The van der Waals surface area contributed by atoms with E-state index in [-0.39, 0.29) is 0 Å². The Bertz CT molecular complexity index is 436. The summed E-state index contributed by atoms with van der Waals surface area (Å²) < 4.78 is 10.6. The molecule has 0 spiro atoms. The molecular formula is C15H21NO4. The number of aliphatic carboxylic acids is 1. The lowest BCUT2D eigenvalue weighted by Crippen LogP contribution is -2.67. The van der Waals surface area contributed by atoms with Crippen LogP contribution in [-0.4, -0.2) is 55.1 Å². The Kier molecular flexibility index (Phi) is 4.75. The number of rotatable bonds is 7. The SMILES string of the molecule is COC1(OC)CN(C(CCc2ccccc2)C(=O)O)C1. The maximum Gasteiger partial charge on any atom is 0.320 e. The molecule has 0 aliphatic carbocycles. The van der Waals surface area contributed by atoms with Gasteiger partial charge in [-0.1, -0.05) is 30.3 Å². The van der Waals surface area contributed by atoms with Gasteiger partial charge in [-0.2, -0.15) is 0 Å². The summed E-state index contributed by atoms with van der Waals surface area (Å²) >= 11 is 0. The molecule has 1 fully saturated rings. The van der Waals surface area contributed by atoms with Gasteiger partial charge in [0.2, 0.25) is 0 Å². The van der Waals surface area contributed by atoms with Crippen LogP contribution in [0.4, 0.5) is 0 Å². The maximum absolute atomic E-state index is 11.4. The minimum absolute atomic E-state index is 0.492. The van der Waals surface area contributed by atoms with Crippen LogP contribution in [0.3, 0.4) is 0 Å². The molecule has 5 heteroatoms. The van der Waals surface area contributed by atoms with E-state index >= 15 is 0 Å². The van der Waals surface area contributed by atoms with Gasteiger partial charge in [0.15, 0.2) is 5.79 Å². The van der Waals surface area contributed by atoms with Crippen LogP contribution >= 0.6 is 0 Å². The zero-order chi connectivity index (χ0) is 14.6. The summed E-state index contributed by atoms with van der Waals surface area (Å²) in [5.41, 5.74) is 1.16.